The van der Waals surface area contributed by atoms with Crippen LogP contribution in [0.25, 0.3) is 0 Å². The van der Waals surface area contributed by atoms with E-state index in [1.807, 2.05) is 0 Å². The first-order valence-corrected chi connectivity index (χ1v) is 28.2. The fraction of sp³-hybridized carbons (Fsp3) is 0.920. The van der Waals surface area contributed by atoms with E-state index >= 15 is 0 Å². The minimum absolute atomic E-state index is 1.03. The van der Waals surface area contributed by atoms with Gasteiger partial charge in [0, 0.05) is 0 Å². The molecule has 1 unspecified atom stereocenters. The predicted octanol–water partition coefficient (Wildman–Crippen LogP) is 8.64. The molecule has 0 amide bonds. The van der Waals surface area contributed by atoms with E-state index in [0.29, 0.717) is 0 Å². The predicted molar refractivity (Wildman–Crippen MR) is 135 cm³/mol. The Hall–Kier alpha value is 1.40. The number of fused-ring (bicyclic) bond motifs is 1. The first-order chi connectivity index (χ1) is 13.5. The summed E-state index contributed by atoms with van der Waals surface area (Å²) < 4.78 is 12.0. The van der Waals surface area contributed by atoms with Gasteiger partial charge < -0.3 is 0 Å². The minimum atomic E-state index is -2.23. The molecule has 0 N–H and O–H groups in total. The van der Waals surface area contributed by atoms with Crippen molar-refractivity contribution in [3.8, 4) is 0 Å². The molecule has 0 radical (unpaired) electrons. The molecule has 3 saturated heterocycles. The molecule has 3 heterocycles. The molecule has 4 atom stereocenters. The molecule has 3 aliphatic heterocycles. The Kier molecular flexibility index (Phi) is 8.51. The van der Waals surface area contributed by atoms with Crippen LogP contribution in [0.15, 0.2) is 7.08 Å². The molecule has 0 spiro atoms. The quantitative estimate of drug-likeness (QED) is 0.233. The maximum atomic E-state index is 2.62. The summed E-state index contributed by atoms with van der Waals surface area (Å²) in [6, 6.07) is 0. The molecule has 0 aromatic carbocycles. The van der Waals surface area contributed by atoms with Crippen molar-refractivity contribution >= 4 is 43.5 Å². The zero-order valence-corrected chi connectivity index (χ0v) is 26.1. The van der Waals surface area contributed by atoms with Crippen LogP contribution in [0.5, 0.6) is 0 Å². The number of rotatable bonds is 9. The van der Waals surface area contributed by atoms with Gasteiger partial charge in [-0.05, 0) is 0 Å². The van der Waals surface area contributed by atoms with Gasteiger partial charge in [0.15, 0.2) is 0 Å². The first-order valence-electron chi connectivity index (χ1n) is 13.2. The fourth-order valence-corrected chi connectivity index (χ4v) is 74.0. The van der Waals surface area contributed by atoms with Gasteiger partial charge in [-0.15, -0.1) is 0 Å². The Morgan fingerprint density at radius 2 is 1.25 bits per heavy atom. The Morgan fingerprint density at radius 3 is 1.71 bits per heavy atom. The van der Waals surface area contributed by atoms with Crippen LogP contribution in [-0.2, 0) is 0 Å². The fourth-order valence-electron chi connectivity index (χ4n) is 8.76. The Bertz CT molecular complexity index is 522. The molecule has 1 saturated carbocycles. The standard InChI is InChI=1S/C13H19B.6C2H5.2Sn/c1-3-13-12-6-10-4-9(2)14(13)8-11(5-10)7-12;6*1-2;;/h10-13H,3-8H2,1H3;6*1H2,2H3;;/t10-,11+,12-,13?;;;;;;;;/m1......../s1. The van der Waals surface area contributed by atoms with Crippen LogP contribution in [-0.4, -0.2) is 43.5 Å². The van der Waals surface area contributed by atoms with Crippen molar-refractivity contribution in [1.29, 1.82) is 0 Å². The zero-order valence-electron chi connectivity index (χ0n) is 20.4. The molecule has 0 aromatic heterocycles. The summed E-state index contributed by atoms with van der Waals surface area (Å²) >= 11 is -4.45. The van der Waals surface area contributed by atoms with Gasteiger partial charge in [-0.3, -0.25) is 0 Å². The molecule has 0 nitrogen and oxygen atoms in total. The van der Waals surface area contributed by atoms with Gasteiger partial charge in [0.1, 0.15) is 0 Å². The summed E-state index contributed by atoms with van der Waals surface area (Å²) in [4.78, 5) is 0. The number of hydrogen-bond donors (Lipinski definition) is 0. The Balaban J connectivity index is 2.26. The van der Waals surface area contributed by atoms with E-state index < -0.39 is 36.8 Å². The van der Waals surface area contributed by atoms with Crippen LogP contribution in [0.3, 0.4) is 0 Å². The van der Waals surface area contributed by atoms with Crippen LogP contribution in [0.2, 0.25) is 38.8 Å². The Labute approximate surface area is 186 Å². The number of hydrogen-bond acceptors (Lipinski definition) is 0. The average Bonchev–Trinajstić information content (AvgIpc) is 2.91. The van der Waals surface area contributed by atoms with E-state index in [9.17, 15) is 0 Å². The molecular formula is C25H49BSn2. The average molecular weight is 598 g/mol. The SMILES string of the molecule is CCC1B2C[C@H]3C[C@@H](CC2=[C]([Sn]([CH2]C)([CH2]C)[CH2]C)[Sn]([CH2]C)([CH2]C)[CH2]C)C[C@@H]1C3. The topological polar surface area (TPSA) is 0 Å². The molecule has 160 valence electrons. The molecule has 4 aliphatic rings. The van der Waals surface area contributed by atoms with E-state index in [4.69, 9.17) is 0 Å². The van der Waals surface area contributed by atoms with Crippen molar-refractivity contribution in [2.45, 2.75) is 119 Å². The maximum absolute atomic E-state index is 2.62. The second-order valence-corrected chi connectivity index (χ2v) is 44.6. The summed E-state index contributed by atoms with van der Waals surface area (Å²) in [7, 11) is 0. The van der Waals surface area contributed by atoms with Crippen molar-refractivity contribution in [1.82, 2.24) is 0 Å². The molecule has 1 aliphatic carbocycles. The first kappa shape index (κ1) is 24.1. The van der Waals surface area contributed by atoms with E-state index in [1.165, 1.54) is 6.42 Å². The van der Waals surface area contributed by atoms with Gasteiger partial charge in [-0.1, -0.05) is 0 Å². The van der Waals surface area contributed by atoms with Crippen molar-refractivity contribution in [2.24, 2.45) is 17.8 Å². The summed E-state index contributed by atoms with van der Waals surface area (Å²) in [5.74, 6) is 4.31. The van der Waals surface area contributed by atoms with Crippen molar-refractivity contribution in [3.63, 3.8) is 0 Å². The van der Waals surface area contributed by atoms with Gasteiger partial charge in [0.05, 0.1) is 0 Å². The molecule has 0 aromatic rings. The van der Waals surface area contributed by atoms with Gasteiger partial charge in [0.25, 0.3) is 0 Å². The van der Waals surface area contributed by atoms with Crippen LogP contribution in [0.1, 0.15) is 80.6 Å². The van der Waals surface area contributed by atoms with E-state index in [2.05, 4.69) is 55.5 Å². The zero-order chi connectivity index (χ0) is 20.5. The molecule has 4 bridgehead atoms. The molecule has 28 heavy (non-hydrogen) atoms. The molecular weight excluding hydrogens is 549 g/mol. The third-order valence-electron chi connectivity index (χ3n) is 10.5. The normalized spacial score (nSPS) is 30.1. The van der Waals surface area contributed by atoms with Gasteiger partial charge in [-0.25, -0.2) is 0 Å². The van der Waals surface area contributed by atoms with Crippen molar-refractivity contribution < 1.29 is 0 Å². The summed E-state index contributed by atoms with van der Waals surface area (Å²) in [5, 5.41) is 0. The number of allylic oxidation sites excluding steroid dienone is 1. The van der Waals surface area contributed by atoms with Crippen LogP contribution < -0.4 is 0 Å². The monoisotopic (exact) mass is 600 g/mol. The molecule has 4 rings (SSSR count). The van der Waals surface area contributed by atoms with Gasteiger partial charge in [-0.2, -0.15) is 0 Å². The van der Waals surface area contributed by atoms with Gasteiger partial charge in [0.2, 0.25) is 0 Å². The second-order valence-electron chi connectivity index (χ2n) is 10.9. The second kappa shape index (κ2) is 9.90. The van der Waals surface area contributed by atoms with Crippen LogP contribution in [0.4, 0.5) is 0 Å². The Morgan fingerprint density at radius 1 is 0.750 bits per heavy atom. The van der Waals surface area contributed by atoms with Gasteiger partial charge >= 0.3 is 188 Å². The summed E-state index contributed by atoms with van der Waals surface area (Å²) in [6.07, 6.45) is 9.43. The van der Waals surface area contributed by atoms with Crippen LogP contribution in [0, 0.1) is 17.8 Å². The summed E-state index contributed by atoms with van der Waals surface area (Å²) in [5.41, 5.74) is 2.21. The molecule has 4 fully saturated rings. The van der Waals surface area contributed by atoms with E-state index in [1.54, 1.807) is 58.6 Å². The van der Waals surface area contributed by atoms with E-state index in [-0.39, 0.29) is 0 Å². The van der Waals surface area contributed by atoms with Crippen molar-refractivity contribution in [3.05, 3.63) is 7.08 Å². The molecule has 3 heteroatoms. The third kappa shape index (κ3) is 3.97. The third-order valence-corrected chi connectivity index (χ3v) is 61.9. The van der Waals surface area contributed by atoms with Crippen molar-refractivity contribution in [2.75, 3.05) is 0 Å². The summed E-state index contributed by atoms with van der Waals surface area (Å²) in [6.45, 7) is 19.3. The van der Waals surface area contributed by atoms with Crippen LogP contribution >= 0.6 is 0 Å². The van der Waals surface area contributed by atoms with E-state index in [0.717, 1.165) is 30.3 Å².